The summed E-state index contributed by atoms with van der Waals surface area (Å²) in [6.45, 7) is 6.43. The summed E-state index contributed by atoms with van der Waals surface area (Å²) in [7, 11) is 0. The molecular formula is C17H20BrN. The van der Waals surface area contributed by atoms with Gasteiger partial charge in [0.25, 0.3) is 0 Å². The summed E-state index contributed by atoms with van der Waals surface area (Å²) in [6, 6.07) is 15.5. The highest BCUT2D eigenvalue weighted by Crippen LogP contribution is 2.26. The third-order valence-corrected chi connectivity index (χ3v) is 4.26. The van der Waals surface area contributed by atoms with Crippen LogP contribution in [0.5, 0.6) is 0 Å². The van der Waals surface area contributed by atoms with Gasteiger partial charge in [-0.2, -0.15) is 0 Å². The predicted molar refractivity (Wildman–Crippen MR) is 86.7 cm³/mol. The fourth-order valence-electron chi connectivity index (χ4n) is 2.10. The largest absolute Gasteiger partial charge is 0.378 e. The highest BCUT2D eigenvalue weighted by molar-refractivity contribution is 9.10. The molecule has 0 aliphatic carbocycles. The van der Waals surface area contributed by atoms with E-state index in [0.717, 1.165) is 16.6 Å². The van der Waals surface area contributed by atoms with Gasteiger partial charge >= 0.3 is 0 Å². The molecule has 19 heavy (non-hydrogen) atoms. The van der Waals surface area contributed by atoms with Crippen molar-refractivity contribution in [2.45, 2.75) is 33.2 Å². The van der Waals surface area contributed by atoms with E-state index < -0.39 is 0 Å². The van der Waals surface area contributed by atoms with E-state index in [1.165, 1.54) is 16.7 Å². The number of rotatable bonds is 4. The maximum Gasteiger partial charge on any atom is 0.0511 e. The van der Waals surface area contributed by atoms with Crippen LogP contribution in [0.3, 0.4) is 0 Å². The number of hydrogen-bond donors (Lipinski definition) is 1. The molecule has 0 aliphatic rings. The Kier molecular flexibility index (Phi) is 4.65. The van der Waals surface area contributed by atoms with Crippen molar-refractivity contribution in [2.24, 2.45) is 0 Å². The van der Waals surface area contributed by atoms with E-state index in [-0.39, 0.29) is 0 Å². The molecule has 2 aromatic carbocycles. The first-order valence-electron chi connectivity index (χ1n) is 6.69. The van der Waals surface area contributed by atoms with Crippen LogP contribution in [0.2, 0.25) is 0 Å². The van der Waals surface area contributed by atoms with Gasteiger partial charge in [0.05, 0.1) is 6.04 Å². The summed E-state index contributed by atoms with van der Waals surface area (Å²) in [5.41, 5.74) is 5.06. The molecule has 1 unspecified atom stereocenters. The Morgan fingerprint density at radius 3 is 2.32 bits per heavy atom. The van der Waals surface area contributed by atoms with Crippen molar-refractivity contribution < 1.29 is 0 Å². The van der Waals surface area contributed by atoms with Crippen LogP contribution in [-0.2, 0) is 0 Å². The Morgan fingerprint density at radius 1 is 1.05 bits per heavy atom. The lowest BCUT2D eigenvalue weighted by molar-refractivity contribution is 0.749. The Bertz CT molecular complexity index is 546. The molecule has 0 saturated carbocycles. The molecule has 2 aromatic rings. The standard InChI is InChI=1S/C17H20BrN/c1-4-17(14-8-5-12(2)6-9-14)19-15-10-7-13(3)16(18)11-15/h5-11,17,19H,4H2,1-3H3. The molecule has 0 saturated heterocycles. The third kappa shape index (κ3) is 3.60. The monoisotopic (exact) mass is 317 g/mol. The number of halogens is 1. The second kappa shape index (κ2) is 6.25. The minimum absolute atomic E-state index is 0.357. The van der Waals surface area contributed by atoms with Crippen molar-refractivity contribution in [1.82, 2.24) is 0 Å². The fraction of sp³-hybridized carbons (Fsp3) is 0.294. The summed E-state index contributed by atoms with van der Waals surface area (Å²) in [5.74, 6) is 0. The van der Waals surface area contributed by atoms with E-state index in [2.05, 4.69) is 84.5 Å². The van der Waals surface area contributed by atoms with E-state index in [9.17, 15) is 0 Å². The van der Waals surface area contributed by atoms with Crippen LogP contribution in [-0.4, -0.2) is 0 Å². The number of benzene rings is 2. The minimum Gasteiger partial charge on any atom is -0.378 e. The zero-order valence-electron chi connectivity index (χ0n) is 11.7. The van der Waals surface area contributed by atoms with Crippen molar-refractivity contribution in [1.29, 1.82) is 0 Å². The number of anilines is 1. The van der Waals surface area contributed by atoms with Crippen LogP contribution >= 0.6 is 15.9 Å². The molecule has 100 valence electrons. The molecule has 0 radical (unpaired) electrons. The molecule has 0 amide bonds. The molecule has 0 heterocycles. The first-order valence-corrected chi connectivity index (χ1v) is 7.48. The van der Waals surface area contributed by atoms with Crippen molar-refractivity contribution in [3.63, 3.8) is 0 Å². The SMILES string of the molecule is CCC(Nc1ccc(C)c(Br)c1)c1ccc(C)cc1. The van der Waals surface area contributed by atoms with Crippen LogP contribution < -0.4 is 5.32 Å². The van der Waals surface area contributed by atoms with Crippen molar-refractivity contribution in [3.05, 3.63) is 63.6 Å². The zero-order valence-corrected chi connectivity index (χ0v) is 13.3. The summed E-state index contributed by atoms with van der Waals surface area (Å²) in [5, 5.41) is 3.60. The lowest BCUT2D eigenvalue weighted by Gasteiger charge is -2.19. The first kappa shape index (κ1) is 14.1. The van der Waals surface area contributed by atoms with Gasteiger partial charge in [0, 0.05) is 10.2 Å². The average molecular weight is 318 g/mol. The molecule has 1 atom stereocenters. The second-order valence-corrected chi connectivity index (χ2v) is 5.83. The lowest BCUT2D eigenvalue weighted by Crippen LogP contribution is -2.09. The maximum absolute atomic E-state index is 3.60. The van der Waals surface area contributed by atoms with Gasteiger partial charge in [-0.1, -0.05) is 58.7 Å². The molecular weight excluding hydrogens is 298 g/mol. The van der Waals surface area contributed by atoms with E-state index >= 15 is 0 Å². The van der Waals surface area contributed by atoms with Gasteiger partial charge in [-0.15, -0.1) is 0 Å². The smallest absolute Gasteiger partial charge is 0.0511 e. The van der Waals surface area contributed by atoms with Crippen LogP contribution in [0, 0.1) is 13.8 Å². The second-order valence-electron chi connectivity index (χ2n) is 4.98. The molecule has 1 nitrogen and oxygen atoms in total. The predicted octanol–water partition coefficient (Wildman–Crippen LogP) is 5.63. The average Bonchev–Trinajstić information content (AvgIpc) is 2.41. The highest BCUT2D eigenvalue weighted by Gasteiger charge is 2.09. The van der Waals surface area contributed by atoms with Crippen molar-refractivity contribution in [3.8, 4) is 0 Å². The quantitative estimate of drug-likeness (QED) is 0.770. The summed E-state index contributed by atoms with van der Waals surface area (Å²) >= 11 is 3.58. The molecule has 0 aliphatic heterocycles. The summed E-state index contributed by atoms with van der Waals surface area (Å²) < 4.78 is 1.15. The first-order chi connectivity index (χ1) is 9.10. The number of nitrogens with one attached hydrogen (secondary N) is 1. The van der Waals surface area contributed by atoms with Crippen LogP contribution in [0.1, 0.15) is 36.1 Å². The van der Waals surface area contributed by atoms with Gasteiger partial charge < -0.3 is 5.32 Å². The Balaban J connectivity index is 2.18. The normalized spacial score (nSPS) is 12.2. The van der Waals surface area contributed by atoms with E-state index in [1.54, 1.807) is 0 Å². The molecule has 1 N–H and O–H groups in total. The van der Waals surface area contributed by atoms with E-state index in [1.807, 2.05) is 0 Å². The summed E-state index contributed by atoms with van der Waals surface area (Å²) in [4.78, 5) is 0. The van der Waals surface area contributed by atoms with Gasteiger partial charge in [0.2, 0.25) is 0 Å². The molecule has 0 spiro atoms. The molecule has 2 heteroatoms. The van der Waals surface area contributed by atoms with Crippen LogP contribution in [0.15, 0.2) is 46.9 Å². The van der Waals surface area contributed by atoms with Gasteiger partial charge in [0.1, 0.15) is 0 Å². The third-order valence-electron chi connectivity index (χ3n) is 3.40. The molecule has 0 fully saturated rings. The van der Waals surface area contributed by atoms with Crippen molar-refractivity contribution in [2.75, 3.05) is 5.32 Å². The van der Waals surface area contributed by atoms with Crippen molar-refractivity contribution >= 4 is 21.6 Å². The Labute approximate surface area is 124 Å². The van der Waals surface area contributed by atoms with E-state index in [0.29, 0.717) is 6.04 Å². The van der Waals surface area contributed by atoms with Gasteiger partial charge in [-0.05, 0) is 43.5 Å². The van der Waals surface area contributed by atoms with Gasteiger partial charge in [0.15, 0.2) is 0 Å². The van der Waals surface area contributed by atoms with E-state index in [4.69, 9.17) is 0 Å². The lowest BCUT2D eigenvalue weighted by atomic mass is 10.0. The molecule has 0 bridgehead atoms. The highest BCUT2D eigenvalue weighted by atomic mass is 79.9. The maximum atomic E-state index is 3.60. The Hall–Kier alpha value is -1.28. The minimum atomic E-state index is 0.357. The van der Waals surface area contributed by atoms with Gasteiger partial charge in [-0.25, -0.2) is 0 Å². The molecule has 0 aromatic heterocycles. The Morgan fingerprint density at radius 2 is 1.74 bits per heavy atom. The number of aryl methyl sites for hydroxylation is 2. The zero-order chi connectivity index (χ0) is 13.8. The summed E-state index contributed by atoms with van der Waals surface area (Å²) in [6.07, 6.45) is 1.06. The molecule has 2 rings (SSSR count). The topological polar surface area (TPSA) is 12.0 Å². The van der Waals surface area contributed by atoms with Crippen LogP contribution in [0.4, 0.5) is 5.69 Å². The van der Waals surface area contributed by atoms with Gasteiger partial charge in [-0.3, -0.25) is 0 Å². The number of hydrogen-bond acceptors (Lipinski definition) is 1. The fourth-order valence-corrected chi connectivity index (χ4v) is 2.48. The van der Waals surface area contributed by atoms with Crippen LogP contribution in [0.25, 0.3) is 0 Å².